The maximum absolute atomic E-state index is 3.74. The highest BCUT2D eigenvalue weighted by Crippen LogP contribution is 2.22. The van der Waals surface area contributed by atoms with Gasteiger partial charge in [-0.2, -0.15) is 0 Å². The van der Waals surface area contributed by atoms with E-state index in [1.165, 1.54) is 32.4 Å². The molecule has 0 aromatic rings. The molecule has 1 unspecified atom stereocenters. The molecule has 0 spiro atoms. The van der Waals surface area contributed by atoms with Crippen LogP contribution < -0.4 is 5.32 Å². The standard InChI is InChI=1S/C14H28N2/c1-5-8-9-10-16-12-14(6-2,7-3)15-11-13(16)4/h5,8,13,15H,6-7,9-12H2,1-4H3/b8-5+. The first-order valence-electron chi connectivity index (χ1n) is 6.77. The van der Waals surface area contributed by atoms with Crippen molar-refractivity contribution in [3.8, 4) is 0 Å². The zero-order chi connectivity index (χ0) is 12.0. The van der Waals surface area contributed by atoms with Crippen molar-refractivity contribution in [3.05, 3.63) is 12.2 Å². The van der Waals surface area contributed by atoms with Crippen molar-refractivity contribution in [1.29, 1.82) is 0 Å². The Bertz CT molecular complexity index is 219. The molecule has 1 rings (SSSR count). The average Bonchev–Trinajstić information content (AvgIpc) is 2.32. The van der Waals surface area contributed by atoms with Crippen LogP contribution in [0.3, 0.4) is 0 Å². The molecular weight excluding hydrogens is 196 g/mol. The second-order valence-corrected chi connectivity index (χ2v) is 5.05. The molecule has 1 saturated heterocycles. The Balaban J connectivity index is 2.53. The minimum Gasteiger partial charge on any atom is -0.308 e. The SMILES string of the molecule is C/C=C/CCN1CC(CC)(CC)NCC1C. The lowest BCUT2D eigenvalue weighted by Crippen LogP contribution is -2.63. The van der Waals surface area contributed by atoms with Crippen LogP contribution in [0, 0.1) is 0 Å². The lowest BCUT2D eigenvalue weighted by molar-refractivity contribution is 0.0825. The molecule has 0 aliphatic carbocycles. The molecule has 0 amide bonds. The summed E-state index contributed by atoms with van der Waals surface area (Å²) in [7, 11) is 0. The molecule has 2 nitrogen and oxygen atoms in total. The van der Waals surface area contributed by atoms with Crippen molar-refractivity contribution < 1.29 is 0 Å². The molecule has 0 aromatic carbocycles. The highest BCUT2D eigenvalue weighted by Gasteiger charge is 2.34. The van der Waals surface area contributed by atoms with Gasteiger partial charge in [-0.1, -0.05) is 26.0 Å². The van der Waals surface area contributed by atoms with E-state index in [2.05, 4.69) is 50.1 Å². The molecule has 0 radical (unpaired) electrons. The summed E-state index contributed by atoms with van der Waals surface area (Å²) in [6.07, 6.45) is 8.07. The molecular formula is C14H28N2. The Morgan fingerprint density at radius 2 is 2.06 bits per heavy atom. The van der Waals surface area contributed by atoms with Crippen LogP contribution in [0.5, 0.6) is 0 Å². The van der Waals surface area contributed by atoms with Gasteiger partial charge in [-0.3, -0.25) is 4.90 Å². The molecule has 94 valence electrons. The summed E-state index contributed by atoms with van der Waals surface area (Å²) in [6, 6.07) is 0.677. The fraction of sp³-hybridized carbons (Fsp3) is 0.857. The molecule has 1 heterocycles. The van der Waals surface area contributed by atoms with Crippen LogP contribution in [-0.2, 0) is 0 Å². The Hall–Kier alpha value is -0.340. The van der Waals surface area contributed by atoms with E-state index in [1.54, 1.807) is 0 Å². The second kappa shape index (κ2) is 6.41. The summed E-state index contributed by atoms with van der Waals surface area (Å²) in [4.78, 5) is 2.64. The predicted molar refractivity (Wildman–Crippen MR) is 71.8 cm³/mol. The first-order valence-corrected chi connectivity index (χ1v) is 6.77. The molecule has 16 heavy (non-hydrogen) atoms. The quantitative estimate of drug-likeness (QED) is 0.722. The van der Waals surface area contributed by atoms with Crippen molar-refractivity contribution in [1.82, 2.24) is 10.2 Å². The van der Waals surface area contributed by atoms with Crippen molar-refractivity contribution in [2.45, 2.75) is 58.5 Å². The van der Waals surface area contributed by atoms with Crippen LogP contribution in [0.1, 0.15) is 47.0 Å². The van der Waals surface area contributed by atoms with Gasteiger partial charge in [-0.05, 0) is 33.1 Å². The van der Waals surface area contributed by atoms with Gasteiger partial charge in [0.1, 0.15) is 0 Å². The summed E-state index contributed by atoms with van der Waals surface area (Å²) in [6.45, 7) is 12.6. The minimum atomic E-state index is 0.364. The summed E-state index contributed by atoms with van der Waals surface area (Å²) in [5, 5.41) is 3.74. The van der Waals surface area contributed by atoms with Crippen LogP contribution in [-0.4, -0.2) is 36.1 Å². The lowest BCUT2D eigenvalue weighted by Gasteiger charge is -2.46. The summed E-state index contributed by atoms with van der Waals surface area (Å²) < 4.78 is 0. The zero-order valence-electron chi connectivity index (χ0n) is 11.4. The molecule has 0 bridgehead atoms. The van der Waals surface area contributed by atoms with Crippen molar-refractivity contribution in [3.63, 3.8) is 0 Å². The normalized spacial score (nSPS) is 26.4. The van der Waals surface area contributed by atoms with E-state index in [0.29, 0.717) is 11.6 Å². The lowest BCUT2D eigenvalue weighted by atomic mass is 9.88. The van der Waals surface area contributed by atoms with Gasteiger partial charge in [-0.15, -0.1) is 0 Å². The van der Waals surface area contributed by atoms with Gasteiger partial charge in [0.05, 0.1) is 0 Å². The third kappa shape index (κ3) is 3.33. The fourth-order valence-electron chi connectivity index (χ4n) is 2.52. The maximum atomic E-state index is 3.74. The van der Waals surface area contributed by atoms with Gasteiger partial charge >= 0.3 is 0 Å². The fourth-order valence-corrected chi connectivity index (χ4v) is 2.52. The number of nitrogens with zero attached hydrogens (tertiary/aromatic N) is 1. The zero-order valence-corrected chi connectivity index (χ0v) is 11.4. The van der Waals surface area contributed by atoms with Crippen molar-refractivity contribution in [2.24, 2.45) is 0 Å². The predicted octanol–water partition coefficient (Wildman–Crippen LogP) is 2.81. The number of nitrogens with one attached hydrogen (secondary N) is 1. The van der Waals surface area contributed by atoms with Crippen molar-refractivity contribution >= 4 is 0 Å². The molecule has 1 atom stereocenters. The number of allylic oxidation sites excluding steroid dienone is 1. The van der Waals surface area contributed by atoms with E-state index in [4.69, 9.17) is 0 Å². The van der Waals surface area contributed by atoms with Gasteiger partial charge in [0, 0.05) is 31.2 Å². The van der Waals surface area contributed by atoms with Gasteiger partial charge in [-0.25, -0.2) is 0 Å². The Kier molecular flexibility index (Phi) is 5.50. The monoisotopic (exact) mass is 224 g/mol. The van der Waals surface area contributed by atoms with Crippen LogP contribution in [0.2, 0.25) is 0 Å². The maximum Gasteiger partial charge on any atom is 0.0304 e. The smallest absolute Gasteiger partial charge is 0.0304 e. The molecule has 0 aromatic heterocycles. The average molecular weight is 224 g/mol. The minimum absolute atomic E-state index is 0.364. The van der Waals surface area contributed by atoms with E-state index in [1.807, 2.05) is 0 Å². The van der Waals surface area contributed by atoms with E-state index in [9.17, 15) is 0 Å². The van der Waals surface area contributed by atoms with Crippen molar-refractivity contribution in [2.75, 3.05) is 19.6 Å². The van der Waals surface area contributed by atoms with Gasteiger partial charge in [0.2, 0.25) is 0 Å². The van der Waals surface area contributed by atoms with Gasteiger partial charge in [0.15, 0.2) is 0 Å². The topological polar surface area (TPSA) is 15.3 Å². The largest absolute Gasteiger partial charge is 0.308 e. The van der Waals surface area contributed by atoms with Crippen LogP contribution >= 0.6 is 0 Å². The van der Waals surface area contributed by atoms with E-state index in [-0.39, 0.29) is 0 Å². The van der Waals surface area contributed by atoms with Gasteiger partial charge in [0.25, 0.3) is 0 Å². The first-order chi connectivity index (χ1) is 7.67. The molecule has 1 N–H and O–H groups in total. The molecule has 2 heteroatoms. The first kappa shape index (κ1) is 13.7. The molecule has 1 aliphatic rings. The highest BCUT2D eigenvalue weighted by molar-refractivity contribution is 4.96. The molecule has 1 aliphatic heterocycles. The van der Waals surface area contributed by atoms with E-state index in [0.717, 1.165) is 6.54 Å². The number of rotatable bonds is 5. The molecule has 1 fully saturated rings. The molecule has 0 saturated carbocycles. The van der Waals surface area contributed by atoms with E-state index >= 15 is 0 Å². The Morgan fingerprint density at radius 3 is 2.62 bits per heavy atom. The van der Waals surface area contributed by atoms with Crippen LogP contribution in [0.25, 0.3) is 0 Å². The third-order valence-electron chi connectivity index (χ3n) is 4.07. The van der Waals surface area contributed by atoms with Crippen LogP contribution in [0.15, 0.2) is 12.2 Å². The second-order valence-electron chi connectivity index (χ2n) is 5.05. The Labute approximate surface area is 101 Å². The number of piperazine rings is 1. The van der Waals surface area contributed by atoms with Crippen LogP contribution in [0.4, 0.5) is 0 Å². The summed E-state index contributed by atoms with van der Waals surface area (Å²) >= 11 is 0. The summed E-state index contributed by atoms with van der Waals surface area (Å²) in [5.41, 5.74) is 0.364. The Morgan fingerprint density at radius 1 is 1.38 bits per heavy atom. The van der Waals surface area contributed by atoms with E-state index < -0.39 is 0 Å². The number of hydrogen-bond donors (Lipinski definition) is 1. The van der Waals surface area contributed by atoms with Gasteiger partial charge < -0.3 is 5.32 Å². The third-order valence-corrected chi connectivity index (χ3v) is 4.07. The highest BCUT2D eigenvalue weighted by atomic mass is 15.2. The number of hydrogen-bond acceptors (Lipinski definition) is 2. The summed E-state index contributed by atoms with van der Waals surface area (Å²) in [5.74, 6) is 0.